The van der Waals surface area contributed by atoms with Crippen molar-refractivity contribution < 1.29 is 9.90 Å². The highest BCUT2D eigenvalue weighted by atomic mass is 16.4. The standard InChI is InChI=1S/C12H7N5O2/c13-5-8-1-2-10(3-9(8)6-14)17-11(4-12(18)19)7-15-16-17/h1-3,7H,4H2,(H,18,19). The van der Waals surface area contributed by atoms with Crippen LogP contribution in [0.5, 0.6) is 0 Å². The Labute approximate surface area is 107 Å². The van der Waals surface area contributed by atoms with Gasteiger partial charge in [-0.1, -0.05) is 5.21 Å². The molecule has 2 rings (SSSR count). The monoisotopic (exact) mass is 253 g/mol. The Hall–Kier alpha value is -3.19. The maximum absolute atomic E-state index is 10.7. The first-order chi connectivity index (χ1) is 9.15. The molecule has 1 N–H and O–H groups in total. The zero-order valence-corrected chi connectivity index (χ0v) is 9.61. The molecule has 0 aliphatic carbocycles. The van der Waals surface area contributed by atoms with Crippen molar-refractivity contribution in [3.63, 3.8) is 0 Å². The summed E-state index contributed by atoms with van der Waals surface area (Å²) in [4.78, 5) is 10.7. The Morgan fingerprint density at radius 2 is 2.05 bits per heavy atom. The molecule has 2 aromatic rings. The number of nitrogens with zero attached hydrogens (tertiary/aromatic N) is 5. The molecule has 0 fully saturated rings. The molecule has 0 aliphatic rings. The van der Waals surface area contributed by atoms with Gasteiger partial charge in [-0.3, -0.25) is 4.79 Å². The minimum atomic E-state index is -1.00. The Balaban J connectivity index is 2.49. The molecule has 0 aliphatic heterocycles. The molecule has 1 heterocycles. The van der Waals surface area contributed by atoms with Gasteiger partial charge in [-0.15, -0.1) is 5.10 Å². The number of hydrogen-bond acceptors (Lipinski definition) is 5. The average Bonchev–Trinajstić information content (AvgIpc) is 2.85. The quantitative estimate of drug-likeness (QED) is 0.857. The number of aromatic nitrogens is 3. The van der Waals surface area contributed by atoms with Gasteiger partial charge in [-0.25, -0.2) is 4.68 Å². The Kier molecular flexibility index (Phi) is 3.22. The van der Waals surface area contributed by atoms with Gasteiger partial charge in [0.25, 0.3) is 0 Å². The van der Waals surface area contributed by atoms with Crippen molar-refractivity contribution in [1.29, 1.82) is 10.5 Å². The van der Waals surface area contributed by atoms with Crippen LogP contribution in [0.4, 0.5) is 0 Å². The van der Waals surface area contributed by atoms with Gasteiger partial charge in [0.15, 0.2) is 0 Å². The Morgan fingerprint density at radius 1 is 1.32 bits per heavy atom. The van der Waals surface area contributed by atoms with Crippen LogP contribution in [0, 0.1) is 22.7 Å². The molecule has 0 atom stereocenters. The van der Waals surface area contributed by atoms with Gasteiger partial charge in [0, 0.05) is 0 Å². The highest BCUT2D eigenvalue weighted by Gasteiger charge is 2.11. The second-order valence-corrected chi connectivity index (χ2v) is 3.66. The number of aliphatic carboxylic acids is 1. The Morgan fingerprint density at radius 3 is 2.68 bits per heavy atom. The fourth-order valence-electron chi connectivity index (χ4n) is 1.60. The molecule has 92 valence electrons. The summed E-state index contributed by atoms with van der Waals surface area (Å²) in [6.45, 7) is 0. The summed E-state index contributed by atoms with van der Waals surface area (Å²) in [5.41, 5.74) is 1.34. The van der Waals surface area contributed by atoms with Gasteiger partial charge < -0.3 is 5.11 Å². The molecular weight excluding hydrogens is 246 g/mol. The first-order valence-corrected chi connectivity index (χ1v) is 5.21. The zero-order valence-electron chi connectivity index (χ0n) is 9.61. The predicted octanol–water partition coefficient (Wildman–Crippen LogP) is 0.638. The third-order valence-electron chi connectivity index (χ3n) is 2.44. The van der Waals surface area contributed by atoms with Crippen molar-refractivity contribution >= 4 is 5.97 Å². The summed E-state index contributed by atoms with van der Waals surface area (Å²) >= 11 is 0. The van der Waals surface area contributed by atoms with Crippen LogP contribution in [-0.4, -0.2) is 26.1 Å². The summed E-state index contributed by atoms with van der Waals surface area (Å²) in [6.07, 6.45) is 1.12. The predicted molar refractivity (Wildman–Crippen MR) is 62.1 cm³/mol. The van der Waals surface area contributed by atoms with E-state index in [9.17, 15) is 4.79 Å². The molecule has 0 spiro atoms. The van der Waals surface area contributed by atoms with Crippen LogP contribution >= 0.6 is 0 Å². The molecule has 0 saturated heterocycles. The van der Waals surface area contributed by atoms with E-state index in [0.29, 0.717) is 11.4 Å². The van der Waals surface area contributed by atoms with Crippen LogP contribution in [0.3, 0.4) is 0 Å². The number of nitriles is 2. The van der Waals surface area contributed by atoms with Gasteiger partial charge in [0.1, 0.15) is 12.1 Å². The normalized spacial score (nSPS) is 9.58. The van der Waals surface area contributed by atoms with Crippen molar-refractivity contribution in [2.45, 2.75) is 6.42 Å². The van der Waals surface area contributed by atoms with E-state index in [0.717, 1.165) is 0 Å². The van der Waals surface area contributed by atoms with E-state index >= 15 is 0 Å². The van der Waals surface area contributed by atoms with E-state index in [4.69, 9.17) is 15.6 Å². The van der Waals surface area contributed by atoms with Crippen LogP contribution in [0.15, 0.2) is 24.4 Å². The van der Waals surface area contributed by atoms with Crippen molar-refractivity contribution in [2.24, 2.45) is 0 Å². The van der Waals surface area contributed by atoms with Crippen LogP contribution in [-0.2, 0) is 11.2 Å². The van der Waals surface area contributed by atoms with Crippen molar-refractivity contribution in [2.75, 3.05) is 0 Å². The van der Waals surface area contributed by atoms with Crippen LogP contribution in [0.2, 0.25) is 0 Å². The molecule has 0 unspecified atom stereocenters. The van der Waals surface area contributed by atoms with Crippen molar-refractivity contribution in [3.8, 4) is 17.8 Å². The highest BCUT2D eigenvalue weighted by molar-refractivity contribution is 5.69. The lowest BCUT2D eigenvalue weighted by molar-refractivity contribution is -0.136. The lowest BCUT2D eigenvalue weighted by atomic mass is 10.1. The van der Waals surface area contributed by atoms with Gasteiger partial charge in [0.2, 0.25) is 0 Å². The largest absolute Gasteiger partial charge is 0.481 e. The number of benzene rings is 1. The molecule has 19 heavy (non-hydrogen) atoms. The highest BCUT2D eigenvalue weighted by Crippen LogP contribution is 2.15. The van der Waals surface area contributed by atoms with Crippen LogP contribution in [0.1, 0.15) is 16.8 Å². The maximum atomic E-state index is 10.7. The molecule has 0 amide bonds. The first-order valence-electron chi connectivity index (χ1n) is 5.21. The van der Waals surface area contributed by atoms with E-state index in [-0.39, 0.29) is 17.5 Å². The van der Waals surface area contributed by atoms with E-state index in [2.05, 4.69) is 10.3 Å². The van der Waals surface area contributed by atoms with E-state index in [1.54, 1.807) is 6.07 Å². The van der Waals surface area contributed by atoms with Gasteiger partial charge in [-0.05, 0) is 18.2 Å². The van der Waals surface area contributed by atoms with E-state index in [1.807, 2.05) is 12.1 Å². The van der Waals surface area contributed by atoms with Crippen molar-refractivity contribution in [3.05, 3.63) is 41.2 Å². The molecular formula is C12H7N5O2. The molecule has 1 aromatic heterocycles. The summed E-state index contributed by atoms with van der Waals surface area (Å²) in [6, 6.07) is 8.35. The fourth-order valence-corrected chi connectivity index (χ4v) is 1.60. The molecule has 1 aromatic carbocycles. The second kappa shape index (κ2) is 4.98. The van der Waals surface area contributed by atoms with Gasteiger partial charge in [0.05, 0.1) is 35.1 Å². The minimum Gasteiger partial charge on any atom is -0.481 e. The summed E-state index contributed by atoms with van der Waals surface area (Å²) < 4.78 is 1.33. The molecule has 0 radical (unpaired) electrons. The maximum Gasteiger partial charge on any atom is 0.309 e. The first kappa shape index (κ1) is 12.3. The van der Waals surface area contributed by atoms with Crippen LogP contribution < -0.4 is 0 Å². The molecule has 0 bridgehead atoms. The number of carboxylic acid groups (broad SMARTS) is 1. The Bertz CT molecular complexity index is 720. The summed E-state index contributed by atoms with van der Waals surface area (Å²) in [7, 11) is 0. The lowest BCUT2D eigenvalue weighted by Crippen LogP contribution is -2.08. The number of carbonyl (C=O) groups is 1. The smallest absolute Gasteiger partial charge is 0.309 e. The van der Waals surface area contributed by atoms with Crippen molar-refractivity contribution in [1.82, 2.24) is 15.0 Å². The zero-order chi connectivity index (χ0) is 13.8. The molecule has 7 nitrogen and oxygen atoms in total. The molecule has 0 saturated carbocycles. The number of hydrogen-bond donors (Lipinski definition) is 1. The third kappa shape index (κ3) is 2.40. The second-order valence-electron chi connectivity index (χ2n) is 3.66. The van der Waals surface area contributed by atoms with Gasteiger partial charge >= 0.3 is 5.97 Å². The third-order valence-corrected chi connectivity index (χ3v) is 2.44. The summed E-state index contributed by atoms with van der Waals surface area (Å²) in [5, 5.41) is 34.0. The summed E-state index contributed by atoms with van der Waals surface area (Å²) in [5.74, 6) is -1.00. The van der Waals surface area contributed by atoms with Gasteiger partial charge in [-0.2, -0.15) is 10.5 Å². The fraction of sp³-hybridized carbons (Fsp3) is 0.0833. The minimum absolute atomic E-state index is 0.205. The van der Waals surface area contributed by atoms with E-state index in [1.165, 1.54) is 23.0 Å². The molecule has 7 heteroatoms. The van der Waals surface area contributed by atoms with E-state index < -0.39 is 5.97 Å². The SMILES string of the molecule is N#Cc1ccc(-n2nncc2CC(=O)O)cc1C#N. The van der Waals surface area contributed by atoms with Crippen LogP contribution in [0.25, 0.3) is 5.69 Å². The number of rotatable bonds is 3. The average molecular weight is 253 g/mol. The number of carboxylic acids is 1. The lowest BCUT2D eigenvalue weighted by Gasteiger charge is -2.05. The topological polar surface area (TPSA) is 116 Å².